The van der Waals surface area contributed by atoms with Gasteiger partial charge < -0.3 is 14.8 Å². The summed E-state index contributed by atoms with van der Waals surface area (Å²) < 4.78 is 46.8. The van der Waals surface area contributed by atoms with E-state index >= 15 is 0 Å². The number of nitrogens with zero attached hydrogens (tertiary/aromatic N) is 1. The third kappa shape index (κ3) is 5.87. The van der Waals surface area contributed by atoms with Gasteiger partial charge in [-0.15, -0.1) is 0 Å². The minimum absolute atomic E-state index is 0.0277. The Kier molecular flexibility index (Phi) is 6.06. The Morgan fingerprint density at radius 2 is 1.93 bits per heavy atom. The average molecular weight is 394 g/mol. The molecule has 3 rings (SSSR count). The van der Waals surface area contributed by atoms with Crippen LogP contribution in [0.3, 0.4) is 0 Å². The standard InChI is InChI=1S/C20H21F3N2O3/c1-13(18-8-7-16(10-24-18)28-12-20(21,22)23)25-19(26)17-9-14(17)11-27-15-5-3-2-4-6-15/h2-8,10,13-14,17H,9,11-12H2,1H3,(H,25,26)/t13?,14-,17+/m0/s1. The molecule has 1 unspecified atom stereocenters. The van der Waals surface area contributed by atoms with Crippen molar-refractivity contribution in [2.45, 2.75) is 25.6 Å². The Hall–Kier alpha value is -2.77. The molecule has 1 saturated carbocycles. The molecule has 28 heavy (non-hydrogen) atoms. The Labute approximate surface area is 160 Å². The summed E-state index contributed by atoms with van der Waals surface area (Å²) in [4.78, 5) is 16.4. The van der Waals surface area contributed by atoms with Gasteiger partial charge in [0.15, 0.2) is 6.61 Å². The quantitative estimate of drug-likeness (QED) is 0.737. The number of para-hydroxylation sites is 1. The van der Waals surface area contributed by atoms with Gasteiger partial charge in [0.05, 0.1) is 24.5 Å². The first-order chi connectivity index (χ1) is 13.3. The Morgan fingerprint density at radius 3 is 2.57 bits per heavy atom. The molecule has 2 aromatic rings. The van der Waals surface area contributed by atoms with Gasteiger partial charge in [-0.05, 0) is 37.6 Å². The van der Waals surface area contributed by atoms with Crippen LogP contribution in [0.2, 0.25) is 0 Å². The number of pyridine rings is 1. The molecular formula is C20H21F3N2O3. The van der Waals surface area contributed by atoms with Crippen LogP contribution in [0.25, 0.3) is 0 Å². The van der Waals surface area contributed by atoms with E-state index in [-0.39, 0.29) is 29.5 Å². The fraction of sp³-hybridized carbons (Fsp3) is 0.400. The summed E-state index contributed by atoms with van der Waals surface area (Å²) in [6.07, 6.45) is -2.41. The van der Waals surface area contributed by atoms with E-state index in [4.69, 9.17) is 4.74 Å². The van der Waals surface area contributed by atoms with E-state index in [0.29, 0.717) is 12.3 Å². The molecule has 8 heteroatoms. The van der Waals surface area contributed by atoms with Crippen LogP contribution in [0, 0.1) is 11.8 Å². The molecule has 1 N–H and O–H groups in total. The number of halogens is 3. The SMILES string of the molecule is CC(NC(=O)[C@@H]1C[C@H]1COc1ccccc1)c1ccc(OCC(F)(F)F)cn1. The lowest BCUT2D eigenvalue weighted by Crippen LogP contribution is -2.29. The highest BCUT2D eigenvalue weighted by molar-refractivity contribution is 5.81. The highest BCUT2D eigenvalue weighted by Gasteiger charge is 2.43. The lowest BCUT2D eigenvalue weighted by atomic mass is 10.2. The van der Waals surface area contributed by atoms with Gasteiger partial charge in [-0.3, -0.25) is 9.78 Å². The minimum atomic E-state index is -4.40. The number of aromatic nitrogens is 1. The molecule has 1 amide bonds. The molecular weight excluding hydrogens is 373 g/mol. The second kappa shape index (κ2) is 8.50. The van der Waals surface area contributed by atoms with E-state index in [0.717, 1.165) is 12.2 Å². The number of benzene rings is 1. The molecule has 1 aromatic carbocycles. The minimum Gasteiger partial charge on any atom is -0.493 e. The molecule has 150 valence electrons. The molecule has 1 heterocycles. The van der Waals surface area contributed by atoms with Crippen molar-refractivity contribution in [3.05, 3.63) is 54.4 Å². The van der Waals surface area contributed by atoms with Crippen molar-refractivity contribution >= 4 is 5.91 Å². The summed E-state index contributed by atoms with van der Waals surface area (Å²) in [5.41, 5.74) is 0.547. The number of hydrogen-bond donors (Lipinski definition) is 1. The smallest absolute Gasteiger partial charge is 0.422 e. The van der Waals surface area contributed by atoms with E-state index in [2.05, 4.69) is 15.0 Å². The van der Waals surface area contributed by atoms with E-state index in [1.54, 1.807) is 13.0 Å². The molecule has 1 fully saturated rings. The van der Waals surface area contributed by atoms with Crippen molar-refractivity contribution in [1.82, 2.24) is 10.3 Å². The molecule has 3 atom stereocenters. The maximum atomic E-state index is 12.3. The van der Waals surface area contributed by atoms with Gasteiger partial charge in [0.2, 0.25) is 5.91 Å². The van der Waals surface area contributed by atoms with Crippen molar-refractivity contribution in [2.24, 2.45) is 11.8 Å². The molecule has 0 radical (unpaired) electrons. The van der Waals surface area contributed by atoms with Gasteiger partial charge in [-0.25, -0.2) is 0 Å². The highest BCUT2D eigenvalue weighted by Crippen LogP contribution is 2.39. The van der Waals surface area contributed by atoms with Crippen molar-refractivity contribution < 1.29 is 27.4 Å². The number of rotatable bonds is 8. The van der Waals surface area contributed by atoms with Crippen LogP contribution in [-0.2, 0) is 4.79 Å². The number of alkyl halides is 3. The van der Waals surface area contributed by atoms with E-state index in [1.807, 2.05) is 30.3 Å². The van der Waals surface area contributed by atoms with Gasteiger partial charge >= 0.3 is 6.18 Å². The number of amides is 1. The van der Waals surface area contributed by atoms with Crippen LogP contribution in [0.5, 0.6) is 11.5 Å². The van der Waals surface area contributed by atoms with Gasteiger partial charge in [0, 0.05) is 11.8 Å². The zero-order valence-corrected chi connectivity index (χ0v) is 15.3. The second-order valence-electron chi connectivity index (χ2n) is 6.78. The van der Waals surface area contributed by atoms with Crippen LogP contribution in [0.15, 0.2) is 48.7 Å². The third-order valence-electron chi connectivity index (χ3n) is 4.43. The zero-order chi connectivity index (χ0) is 20.1. The molecule has 0 spiro atoms. The van der Waals surface area contributed by atoms with Crippen LogP contribution in [0.1, 0.15) is 25.1 Å². The number of carbonyl (C=O) groups excluding carboxylic acids is 1. The lowest BCUT2D eigenvalue weighted by Gasteiger charge is -2.14. The van der Waals surface area contributed by atoms with Crippen LogP contribution >= 0.6 is 0 Å². The molecule has 1 aliphatic rings. The molecule has 5 nitrogen and oxygen atoms in total. The number of hydrogen-bond acceptors (Lipinski definition) is 4. The zero-order valence-electron chi connectivity index (χ0n) is 15.3. The highest BCUT2D eigenvalue weighted by atomic mass is 19.4. The Bertz CT molecular complexity index is 782. The van der Waals surface area contributed by atoms with Crippen molar-refractivity contribution in [2.75, 3.05) is 13.2 Å². The molecule has 0 bridgehead atoms. The molecule has 0 saturated heterocycles. The first-order valence-corrected chi connectivity index (χ1v) is 8.95. The van der Waals surface area contributed by atoms with E-state index < -0.39 is 12.8 Å². The Morgan fingerprint density at radius 1 is 1.18 bits per heavy atom. The van der Waals surface area contributed by atoms with Crippen LogP contribution in [0.4, 0.5) is 13.2 Å². The monoisotopic (exact) mass is 394 g/mol. The van der Waals surface area contributed by atoms with E-state index in [1.165, 1.54) is 12.3 Å². The largest absolute Gasteiger partial charge is 0.493 e. The van der Waals surface area contributed by atoms with E-state index in [9.17, 15) is 18.0 Å². The van der Waals surface area contributed by atoms with Crippen molar-refractivity contribution in [1.29, 1.82) is 0 Å². The van der Waals surface area contributed by atoms with Gasteiger partial charge in [-0.2, -0.15) is 13.2 Å². The van der Waals surface area contributed by atoms with Crippen molar-refractivity contribution in [3.8, 4) is 11.5 Å². The molecule has 0 aliphatic heterocycles. The summed E-state index contributed by atoms with van der Waals surface area (Å²) >= 11 is 0. The lowest BCUT2D eigenvalue weighted by molar-refractivity contribution is -0.153. The normalized spacial score (nSPS) is 19.6. The summed E-state index contributed by atoms with van der Waals surface area (Å²) in [5.74, 6) is 0.811. The fourth-order valence-corrected chi connectivity index (χ4v) is 2.77. The number of carbonyl (C=O) groups is 1. The van der Waals surface area contributed by atoms with Gasteiger partial charge in [0.1, 0.15) is 11.5 Å². The fourth-order valence-electron chi connectivity index (χ4n) is 2.77. The predicted octanol–water partition coefficient (Wildman–Crippen LogP) is 3.92. The summed E-state index contributed by atoms with van der Waals surface area (Å²) in [5, 5.41) is 2.88. The van der Waals surface area contributed by atoms with Crippen LogP contribution < -0.4 is 14.8 Å². The first kappa shape index (κ1) is 20.0. The first-order valence-electron chi connectivity index (χ1n) is 8.95. The maximum Gasteiger partial charge on any atom is 0.422 e. The van der Waals surface area contributed by atoms with Gasteiger partial charge in [-0.1, -0.05) is 18.2 Å². The number of ether oxygens (including phenoxy) is 2. The summed E-state index contributed by atoms with van der Waals surface area (Å²) in [6, 6.07) is 12.0. The maximum absolute atomic E-state index is 12.3. The van der Waals surface area contributed by atoms with Crippen LogP contribution in [-0.4, -0.2) is 30.3 Å². The number of nitrogens with one attached hydrogen (secondary N) is 1. The summed E-state index contributed by atoms with van der Waals surface area (Å²) in [6.45, 7) is 0.892. The summed E-state index contributed by atoms with van der Waals surface area (Å²) in [7, 11) is 0. The third-order valence-corrected chi connectivity index (χ3v) is 4.43. The average Bonchev–Trinajstić information content (AvgIpc) is 3.45. The predicted molar refractivity (Wildman–Crippen MR) is 95.9 cm³/mol. The van der Waals surface area contributed by atoms with Crippen molar-refractivity contribution in [3.63, 3.8) is 0 Å². The van der Waals surface area contributed by atoms with Gasteiger partial charge in [0.25, 0.3) is 0 Å². The topological polar surface area (TPSA) is 60.5 Å². The second-order valence-corrected chi connectivity index (χ2v) is 6.78. The molecule has 1 aromatic heterocycles. The Balaban J connectivity index is 1.43. The molecule has 1 aliphatic carbocycles.